The summed E-state index contributed by atoms with van der Waals surface area (Å²) in [7, 11) is -5.13. The minimum absolute atomic E-state index is 0.288. The van der Waals surface area contributed by atoms with E-state index >= 15 is 0 Å². The SMILES string of the molecule is CC(C)S(C(C)C)(C(C)C)(C(C)C)=P(N)(N)Oc1ccc2cccc(OP(N)(N)=S(C(C)C)(C(C)C)(C(C)C)C(C)C)c2c1. The van der Waals surface area contributed by atoms with Crippen molar-refractivity contribution in [2.45, 2.75) is 153 Å². The van der Waals surface area contributed by atoms with Crippen molar-refractivity contribution >= 4 is 40.6 Å². The molecule has 0 fully saturated rings. The van der Waals surface area contributed by atoms with Gasteiger partial charge in [-0.05, 0) is 65.6 Å². The number of nitrogens with two attached hydrogens (primary N) is 4. The largest absolute Gasteiger partial charge is 0.447 e. The van der Waals surface area contributed by atoms with Crippen LogP contribution in [0, 0.1) is 0 Å². The molecule has 0 heterocycles. The van der Waals surface area contributed by atoms with Crippen molar-refractivity contribution in [3.05, 3.63) is 36.4 Å². The monoisotopic (exact) mass is 692 g/mol. The molecule has 0 aromatic heterocycles. The van der Waals surface area contributed by atoms with E-state index in [2.05, 4.69) is 123 Å². The molecule has 0 aliphatic rings. The third-order valence-corrected chi connectivity index (χ3v) is 50.4. The van der Waals surface area contributed by atoms with E-state index in [1.54, 1.807) is 0 Å². The third-order valence-electron chi connectivity index (χ3n) is 11.8. The zero-order chi connectivity index (χ0) is 34.5. The van der Waals surface area contributed by atoms with Crippen LogP contribution in [-0.2, 0) is 16.7 Å². The Balaban J connectivity index is 3.10. The van der Waals surface area contributed by atoms with E-state index in [4.69, 9.17) is 31.1 Å². The highest BCUT2D eigenvalue weighted by Crippen LogP contribution is 2.65. The van der Waals surface area contributed by atoms with Crippen LogP contribution >= 0.6 is 13.1 Å². The van der Waals surface area contributed by atoms with E-state index in [0.717, 1.165) is 10.8 Å². The molecule has 260 valence electrons. The van der Waals surface area contributed by atoms with Crippen LogP contribution in [0.1, 0.15) is 111 Å². The summed E-state index contributed by atoms with van der Waals surface area (Å²) in [5, 5.41) is 4.27. The first-order valence-corrected chi connectivity index (χ1v) is 26.0. The van der Waals surface area contributed by atoms with Gasteiger partial charge in [0.15, 0.2) is 13.1 Å². The lowest BCUT2D eigenvalue weighted by Crippen LogP contribution is -2.63. The van der Waals surface area contributed by atoms with Crippen LogP contribution in [0.5, 0.6) is 11.5 Å². The molecule has 0 atom stereocenters. The van der Waals surface area contributed by atoms with E-state index in [1.165, 1.54) is 0 Å². The lowest BCUT2D eigenvalue weighted by molar-refractivity contribution is 0.606. The van der Waals surface area contributed by atoms with E-state index < -0.39 is 29.8 Å². The zero-order valence-corrected chi connectivity index (χ0v) is 34.3. The van der Waals surface area contributed by atoms with Gasteiger partial charge in [0, 0.05) is 5.39 Å². The Bertz CT molecular complexity index is 1440. The van der Waals surface area contributed by atoms with Crippen molar-refractivity contribution in [1.82, 2.24) is 0 Å². The standard InChI is InChI=1S/C34H70N4O2P2S2/c1-23(2)43(24(3)4,25(5)6,26(7)8)41(35,36)39-32-21-20-31-18-17-19-34(33(31)22-32)40-42(37,38)44(27(9)10,28(11)12,29(13)14)30(15)16/h17-30H,35-38H2,1-16H3. The number of hydrogen-bond acceptors (Lipinski definition) is 2. The summed E-state index contributed by atoms with van der Waals surface area (Å²) in [4.78, 5) is 0. The first-order chi connectivity index (χ1) is 19.9. The highest BCUT2D eigenvalue weighted by atomic mass is 32.6. The van der Waals surface area contributed by atoms with Crippen LogP contribution in [-0.4, -0.2) is 42.0 Å². The highest BCUT2D eigenvalue weighted by molar-refractivity contribution is 8.54. The maximum Gasteiger partial charge on any atom is 0.189 e. The Labute approximate surface area is 271 Å². The second-order valence-electron chi connectivity index (χ2n) is 15.0. The molecule has 0 aliphatic heterocycles. The second-order valence-corrected chi connectivity index (χ2v) is 38.9. The normalized spacial score (nSPS) is 16.1. The molecule has 2 rings (SSSR count). The van der Waals surface area contributed by atoms with Crippen molar-refractivity contribution in [2.75, 3.05) is 0 Å². The van der Waals surface area contributed by atoms with E-state index in [-0.39, 0.29) is 21.0 Å². The fraction of sp³-hybridized carbons (Fsp3) is 0.706. The maximum absolute atomic E-state index is 7.46. The van der Waals surface area contributed by atoms with Crippen molar-refractivity contribution in [3.63, 3.8) is 0 Å². The maximum atomic E-state index is 7.46. The minimum atomic E-state index is -2.98. The van der Waals surface area contributed by atoms with Gasteiger partial charge in [0.2, 0.25) is 0 Å². The fourth-order valence-corrected chi connectivity index (χ4v) is 48.0. The summed E-state index contributed by atoms with van der Waals surface area (Å²) < 4.78 is 14.0. The summed E-state index contributed by atoms with van der Waals surface area (Å²) in [5.41, 5.74) is 29.7. The zero-order valence-electron chi connectivity index (χ0n) is 30.9. The van der Waals surface area contributed by atoms with Crippen molar-refractivity contribution < 1.29 is 9.05 Å². The van der Waals surface area contributed by atoms with E-state index in [9.17, 15) is 0 Å². The van der Waals surface area contributed by atoms with Crippen LogP contribution in [0.2, 0.25) is 0 Å². The van der Waals surface area contributed by atoms with Gasteiger partial charge in [0.05, 0.1) is 0 Å². The first kappa shape index (κ1) is 39.9. The number of fused-ring (bicyclic) bond motifs is 1. The molecule has 0 saturated carbocycles. The van der Waals surface area contributed by atoms with Gasteiger partial charge in [-0.3, -0.25) is 22.0 Å². The van der Waals surface area contributed by atoms with Gasteiger partial charge >= 0.3 is 0 Å². The minimum Gasteiger partial charge on any atom is -0.447 e. The molecule has 0 aliphatic carbocycles. The van der Waals surface area contributed by atoms with Gasteiger partial charge in [-0.15, -0.1) is 0 Å². The molecule has 6 nitrogen and oxygen atoms in total. The molecule has 0 radical (unpaired) electrons. The Morgan fingerprint density at radius 1 is 0.477 bits per heavy atom. The molecule has 10 heteroatoms. The lowest BCUT2D eigenvalue weighted by atomic mass is 10.1. The highest BCUT2D eigenvalue weighted by Gasteiger charge is 2.54. The Kier molecular flexibility index (Phi) is 11.7. The smallest absolute Gasteiger partial charge is 0.189 e. The second kappa shape index (κ2) is 13.0. The number of benzene rings is 2. The fourth-order valence-electron chi connectivity index (χ4n) is 11.0. The quantitative estimate of drug-likeness (QED) is 0.164. The molecule has 0 amide bonds. The van der Waals surface area contributed by atoms with Gasteiger partial charge in [0.1, 0.15) is 11.5 Å². The topological polar surface area (TPSA) is 123 Å². The van der Waals surface area contributed by atoms with Gasteiger partial charge in [-0.2, -0.15) is 16.7 Å². The third kappa shape index (κ3) is 4.74. The molecule has 0 bridgehead atoms. The average molecular weight is 693 g/mol. The van der Waals surface area contributed by atoms with Crippen LogP contribution in [0.3, 0.4) is 0 Å². The molecule has 0 spiro atoms. The number of hydrogen-bond donors (Lipinski definition) is 4. The van der Waals surface area contributed by atoms with E-state index in [0.29, 0.717) is 32.5 Å². The summed E-state index contributed by atoms with van der Waals surface area (Å²) in [6.07, 6.45) is 0. The summed E-state index contributed by atoms with van der Waals surface area (Å²) in [6.45, 7) is 30.9. The number of rotatable bonds is 12. The molecule has 0 saturated heterocycles. The average Bonchev–Trinajstić information content (AvgIpc) is 2.83. The van der Waals surface area contributed by atoms with Crippen LogP contribution in [0.4, 0.5) is 0 Å². The van der Waals surface area contributed by atoms with E-state index in [1.807, 2.05) is 24.3 Å². The van der Waals surface area contributed by atoms with Crippen molar-refractivity contribution in [2.24, 2.45) is 22.0 Å². The van der Waals surface area contributed by atoms with Crippen LogP contribution in [0.25, 0.3) is 10.8 Å². The van der Waals surface area contributed by atoms with Crippen molar-refractivity contribution in [1.29, 1.82) is 0 Å². The Morgan fingerprint density at radius 2 is 0.818 bits per heavy atom. The molecule has 44 heavy (non-hydrogen) atoms. The first-order valence-electron chi connectivity index (χ1n) is 16.5. The van der Waals surface area contributed by atoms with Crippen molar-refractivity contribution in [3.8, 4) is 11.5 Å². The summed E-state index contributed by atoms with van der Waals surface area (Å²) in [5.74, 6) is 1.37. The molecule has 2 aromatic rings. The molecule has 2 aromatic carbocycles. The lowest BCUT2D eigenvalue weighted by Gasteiger charge is -2.66. The Morgan fingerprint density at radius 3 is 1.16 bits per heavy atom. The predicted molar refractivity (Wildman–Crippen MR) is 212 cm³/mol. The molecular formula is C34H70N4O2P2S2. The molecule has 8 N–H and O–H groups in total. The summed E-state index contributed by atoms with van der Waals surface area (Å²) in [6, 6.07) is 12.2. The van der Waals surface area contributed by atoms with Gasteiger partial charge in [0.25, 0.3) is 0 Å². The summed E-state index contributed by atoms with van der Waals surface area (Å²) >= 11 is 0. The molecular weight excluding hydrogens is 622 g/mol. The van der Waals surface area contributed by atoms with Crippen LogP contribution < -0.4 is 31.1 Å². The van der Waals surface area contributed by atoms with Gasteiger partial charge in [-0.1, -0.05) is 129 Å². The molecule has 0 unspecified atom stereocenters. The van der Waals surface area contributed by atoms with Crippen LogP contribution in [0.15, 0.2) is 36.4 Å². The Hall–Kier alpha value is -0.300. The predicted octanol–water partition coefficient (Wildman–Crippen LogP) is 9.43. The van der Waals surface area contributed by atoms with Gasteiger partial charge < -0.3 is 9.05 Å². The van der Waals surface area contributed by atoms with Gasteiger partial charge in [-0.25, -0.2) is 0 Å².